The van der Waals surface area contributed by atoms with Gasteiger partial charge in [-0.1, -0.05) is 24.3 Å². The second-order valence-electron chi connectivity index (χ2n) is 9.32. The van der Waals surface area contributed by atoms with Gasteiger partial charge in [0.1, 0.15) is 0 Å². The Morgan fingerprint density at radius 1 is 1.08 bits per heavy atom. The zero-order valence-corrected chi connectivity index (χ0v) is 14.6. The normalized spacial score (nSPS) is 38.6. The molecule has 4 aliphatic carbocycles. The molecule has 2 unspecified atom stereocenters. The van der Waals surface area contributed by atoms with Gasteiger partial charge >= 0.3 is 0 Å². The van der Waals surface area contributed by atoms with E-state index < -0.39 is 0 Å². The molecule has 1 N–H and O–H groups in total. The largest absolute Gasteiger partial charge is 0.392 e. The minimum Gasteiger partial charge on any atom is -0.392 e. The lowest BCUT2D eigenvalue weighted by Crippen LogP contribution is -2.52. The summed E-state index contributed by atoms with van der Waals surface area (Å²) >= 11 is 0. The highest BCUT2D eigenvalue weighted by molar-refractivity contribution is 5.68. The molecule has 130 valence electrons. The summed E-state index contributed by atoms with van der Waals surface area (Å²) in [7, 11) is 0. The van der Waals surface area contributed by atoms with E-state index in [0.29, 0.717) is 0 Å². The van der Waals surface area contributed by atoms with E-state index >= 15 is 0 Å². The third-order valence-electron chi connectivity index (χ3n) is 7.84. The van der Waals surface area contributed by atoms with Crippen LogP contribution < -0.4 is 0 Å². The Morgan fingerprint density at radius 2 is 1.76 bits per heavy atom. The number of fused-ring (bicyclic) bond motifs is 3. The topological polar surface area (TPSA) is 38.1 Å². The molecular formula is C22H26N2O. The summed E-state index contributed by atoms with van der Waals surface area (Å²) in [5, 5.41) is 11.4. The molecule has 1 aromatic heterocycles. The van der Waals surface area contributed by atoms with E-state index in [-0.39, 0.29) is 17.6 Å². The van der Waals surface area contributed by atoms with E-state index in [1.54, 1.807) is 0 Å². The maximum absolute atomic E-state index is 11.4. The summed E-state index contributed by atoms with van der Waals surface area (Å²) in [6.07, 6.45) is 12.7. The van der Waals surface area contributed by atoms with E-state index in [2.05, 4.69) is 33.8 Å². The van der Waals surface area contributed by atoms with Crippen LogP contribution in [0.25, 0.3) is 11.3 Å². The first-order chi connectivity index (χ1) is 12.2. The highest BCUT2D eigenvalue weighted by Crippen LogP contribution is 2.62. The summed E-state index contributed by atoms with van der Waals surface area (Å²) < 4.78 is 2.29. The van der Waals surface area contributed by atoms with Gasteiger partial charge in [-0.3, -0.25) is 0 Å². The molecule has 2 atom stereocenters. The zero-order valence-electron chi connectivity index (χ0n) is 14.6. The van der Waals surface area contributed by atoms with Crippen molar-refractivity contribution in [1.29, 1.82) is 0 Å². The van der Waals surface area contributed by atoms with Crippen LogP contribution in [0.2, 0.25) is 0 Å². The number of aliphatic hydroxyl groups excluding tert-OH is 1. The SMILES string of the molecule is OC(CC1c2ccccc2-c2cncn21)C12CC3C[C@H](C1)C[C@H](C3)C2. The van der Waals surface area contributed by atoms with Crippen molar-refractivity contribution in [1.82, 2.24) is 9.55 Å². The first kappa shape index (κ1) is 14.5. The number of hydrogen-bond donors (Lipinski definition) is 1. The molecule has 4 fully saturated rings. The maximum atomic E-state index is 11.4. The van der Waals surface area contributed by atoms with E-state index in [0.717, 1.165) is 24.2 Å². The Bertz CT molecular complexity index is 788. The third kappa shape index (κ3) is 1.99. The number of rotatable bonds is 3. The van der Waals surface area contributed by atoms with Gasteiger partial charge in [0.25, 0.3) is 0 Å². The average molecular weight is 334 g/mol. The van der Waals surface area contributed by atoms with Crippen molar-refractivity contribution in [3.05, 3.63) is 42.4 Å². The van der Waals surface area contributed by atoms with Gasteiger partial charge in [0, 0.05) is 5.56 Å². The monoisotopic (exact) mass is 334 g/mol. The lowest BCUT2D eigenvalue weighted by molar-refractivity contribution is -0.124. The number of nitrogens with zero attached hydrogens (tertiary/aromatic N) is 2. The van der Waals surface area contributed by atoms with Crippen molar-refractivity contribution in [3.63, 3.8) is 0 Å². The maximum Gasteiger partial charge on any atom is 0.0956 e. The molecule has 2 aromatic rings. The molecule has 1 aliphatic heterocycles. The van der Waals surface area contributed by atoms with Gasteiger partial charge < -0.3 is 9.67 Å². The molecule has 1 aromatic carbocycles. The first-order valence-corrected chi connectivity index (χ1v) is 10.0. The number of benzene rings is 1. The minimum atomic E-state index is -0.188. The van der Waals surface area contributed by atoms with Gasteiger partial charge in [-0.2, -0.15) is 0 Å². The van der Waals surface area contributed by atoms with Gasteiger partial charge in [-0.05, 0) is 73.7 Å². The Kier molecular flexibility index (Phi) is 2.89. The van der Waals surface area contributed by atoms with Crippen LogP contribution in [0.1, 0.15) is 56.6 Å². The summed E-state index contributed by atoms with van der Waals surface area (Å²) in [6.45, 7) is 0. The van der Waals surface area contributed by atoms with Gasteiger partial charge in [-0.25, -0.2) is 4.98 Å². The van der Waals surface area contributed by atoms with Gasteiger partial charge in [0.15, 0.2) is 0 Å². The predicted molar refractivity (Wildman–Crippen MR) is 97.0 cm³/mol. The Labute approximate surface area is 149 Å². The summed E-state index contributed by atoms with van der Waals surface area (Å²) in [6, 6.07) is 8.91. The fraction of sp³-hybridized carbons (Fsp3) is 0.591. The molecule has 5 aliphatic rings. The van der Waals surface area contributed by atoms with Crippen LogP contribution in [-0.2, 0) is 0 Å². The number of aliphatic hydroxyl groups is 1. The van der Waals surface area contributed by atoms with Gasteiger partial charge in [-0.15, -0.1) is 0 Å². The zero-order chi connectivity index (χ0) is 16.6. The van der Waals surface area contributed by atoms with Crippen molar-refractivity contribution >= 4 is 0 Å². The average Bonchev–Trinajstić information content (AvgIpc) is 3.17. The van der Waals surface area contributed by atoms with Crippen molar-refractivity contribution in [2.24, 2.45) is 23.2 Å². The van der Waals surface area contributed by atoms with E-state index in [1.807, 2.05) is 12.5 Å². The minimum absolute atomic E-state index is 0.188. The highest BCUT2D eigenvalue weighted by Gasteiger charge is 2.54. The second kappa shape index (κ2) is 4.97. The molecule has 3 nitrogen and oxygen atoms in total. The van der Waals surface area contributed by atoms with Crippen LogP contribution in [0.4, 0.5) is 0 Å². The summed E-state index contributed by atoms with van der Waals surface area (Å²) in [4.78, 5) is 4.37. The molecule has 4 saturated carbocycles. The summed E-state index contributed by atoms with van der Waals surface area (Å²) in [5.74, 6) is 2.67. The predicted octanol–water partition coefficient (Wildman–Crippen LogP) is 4.42. The van der Waals surface area contributed by atoms with Crippen molar-refractivity contribution in [3.8, 4) is 11.3 Å². The smallest absolute Gasteiger partial charge is 0.0956 e. The molecule has 0 spiro atoms. The Hall–Kier alpha value is -1.61. The second-order valence-corrected chi connectivity index (χ2v) is 9.32. The number of hydrogen-bond acceptors (Lipinski definition) is 2. The van der Waals surface area contributed by atoms with Crippen LogP contribution in [0.3, 0.4) is 0 Å². The van der Waals surface area contributed by atoms with Gasteiger partial charge in [0.2, 0.25) is 0 Å². The summed E-state index contributed by atoms with van der Waals surface area (Å²) in [5.41, 5.74) is 4.07. The number of aromatic nitrogens is 2. The first-order valence-electron chi connectivity index (χ1n) is 10.0. The number of imidazole rings is 1. The Morgan fingerprint density at radius 3 is 2.48 bits per heavy atom. The molecule has 0 saturated heterocycles. The van der Waals surface area contributed by atoms with Crippen molar-refractivity contribution in [2.75, 3.05) is 0 Å². The van der Waals surface area contributed by atoms with Crippen molar-refractivity contribution in [2.45, 2.75) is 57.1 Å². The molecule has 25 heavy (non-hydrogen) atoms. The van der Waals surface area contributed by atoms with Crippen LogP contribution in [0, 0.1) is 23.2 Å². The quantitative estimate of drug-likeness (QED) is 0.902. The van der Waals surface area contributed by atoms with Crippen LogP contribution >= 0.6 is 0 Å². The van der Waals surface area contributed by atoms with Crippen molar-refractivity contribution < 1.29 is 5.11 Å². The lowest BCUT2D eigenvalue weighted by atomic mass is 9.48. The molecule has 0 radical (unpaired) electrons. The van der Waals surface area contributed by atoms with Crippen LogP contribution in [0.15, 0.2) is 36.8 Å². The molecular weight excluding hydrogens is 308 g/mol. The van der Waals surface area contributed by atoms with Gasteiger partial charge in [0.05, 0.1) is 30.4 Å². The molecule has 2 heterocycles. The van der Waals surface area contributed by atoms with E-state index in [4.69, 9.17) is 0 Å². The van der Waals surface area contributed by atoms with Crippen LogP contribution in [0.5, 0.6) is 0 Å². The molecule has 4 bridgehead atoms. The molecule has 3 heteroatoms. The third-order valence-corrected chi connectivity index (χ3v) is 7.84. The molecule has 0 amide bonds. The lowest BCUT2D eigenvalue weighted by Gasteiger charge is -2.58. The fourth-order valence-electron chi connectivity index (χ4n) is 7.22. The van der Waals surface area contributed by atoms with E-state index in [9.17, 15) is 5.11 Å². The van der Waals surface area contributed by atoms with E-state index in [1.165, 1.54) is 55.3 Å². The fourth-order valence-corrected chi connectivity index (χ4v) is 7.22. The highest BCUT2D eigenvalue weighted by atomic mass is 16.3. The van der Waals surface area contributed by atoms with Crippen LogP contribution in [-0.4, -0.2) is 20.8 Å². The molecule has 7 rings (SSSR count). The Balaban J connectivity index is 1.33. The standard InChI is InChI=1S/C22H26N2O/c25-21(22-9-14-5-15(10-22)7-16(6-14)11-22)8-19-17-3-1-2-4-18(17)20-12-23-13-24(19)20/h1-4,12-16,19,21,25H,5-11H2/t14-,15-,16?,19?,21?,22?/m1/s1.